The van der Waals surface area contributed by atoms with E-state index in [0.29, 0.717) is 6.61 Å². The summed E-state index contributed by atoms with van der Waals surface area (Å²) in [5, 5.41) is 8.32. The largest absolute Gasteiger partial charge is 0.464 e. The van der Waals surface area contributed by atoms with Crippen LogP contribution >= 0.6 is 0 Å². The molecule has 4 nitrogen and oxygen atoms in total. The van der Waals surface area contributed by atoms with Crippen molar-refractivity contribution >= 4 is 5.97 Å². The van der Waals surface area contributed by atoms with Gasteiger partial charge in [-0.15, -0.1) is 0 Å². The van der Waals surface area contributed by atoms with Crippen molar-refractivity contribution in [3.63, 3.8) is 0 Å². The summed E-state index contributed by atoms with van der Waals surface area (Å²) >= 11 is 0. The van der Waals surface area contributed by atoms with Crippen molar-refractivity contribution in [1.82, 2.24) is 0 Å². The molecular formula is C8H16O4. The van der Waals surface area contributed by atoms with Crippen LogP contribution in [-0.2, 0) is 14.3 Å². The van der Waals surface area contributed by atoms with Gasteiger partial charge in [0.15, 0.2) is 0 Å². The Kier molecular flexibility index (Phi) is 8.05. The highest BCUT2D eigenvalue weighted by molar-refractivity contribution is 5.70. The summed E-state index contributed by atoms with van der Waals surface area (Å²) in [6, 6.07) is 0. The average Bonchev–Trinajstić information content (AvgIpc) is 2.06. The van der Waals surface area contributed by atoms with Crippen LogP contribution in [0.5, 0.6) is 0 Å². The molecule has 4 heteroatoms. The number of carbonyl (C=O) groups excluding carboxylic acids is 1. The van der Waals surface area contributed by atoms with E-state index in [1.807, 2.05) is 6.92 Å². The Morgan fingerprint density at radius 3 is 2.75 bits per heavy atom. The summed E-state index contributed by atoms with van der Waals surface area (Å²) < 4.78 is 9.53. The number of esters is 1. The van der Waals surface area contributed by atoms with Gasteiger partial charge in [-0.05, 0) is 6.42 Å². The molecule has 0 aromatic rings. The molecule has 0 heterocycles. The first-order valence-corrected chi connectivity index (χ1v) is 4.15. The summed E-state index contributed by atoms with van der Waals surface area (Å²) in [7, 11) is 0. The molecule has 0 aliphatic rings. The SMILES string of the molecule is CCCCOC(=O)COCCO. The summed E-state index contributed by atoms with van der Waals surface area (Å²) in [6.45, 7) is 2.53. The fraction of sp³-hybridized carbons (Fsp3) is 0.875. The van der Waals surface area contributed by atoms with Gasteiger partial charge >= 0.3 is 5.97 Å². The van der Waals surface area contributed by atoms with Gasteiger partial charge in [0.25, 0.3) is 0 Å². The molecule has 0 saturated carbocycles. The van der Waals surface area contributed by atoms with Crippen LogP contribution in [0.2, 0.25) is 0 Å². The van der Waals surface area contributed by atoms with E-state index in [-0.39, 0.29) is 25.8 Å². The summed E-state index contributed by atoms with van der Waals surface area (Å²) in [6.07, 6.45) is 1.89. The Morgan fingerprint density at radius 2 is 2.17 bits per heavy atom. The Morgan fingerprint density at radius 1 is 1.42 bits per heavy atom. The molecule has 0 amide bonds. The molecule has 72 valence electrons. The van der Waals surface area contributed by atoms with Gasteiger partial charge in [-0.1, -0.05) is 13.3 Å². The Hall–Kier alpha value is -0.610. The van der Waals surface area contributed by atoms with Crippen molar-refractivity contribution in [3.05, 3.63) is 0 Å². The second-order valence-corrected chi connectivity index (χ2v) is 2.35. The average molecular weight is 176 g/mol. The standard InChI is InChI=1S/C8H16O4/c1-2-3-5-12-8(10)7-11-6-4-9/h9H,2-7H2,1H3. The molecule has 0 aromatic heterocycles. The number of rotatable bonds is 7. The normalized spacial score (nSPS) is 9.83. The highest BCUT2D eigenvalue weighted by Gasteiger charge is 2.00. The molecular weight excluding hydrogens is 160 g/mol. The summed E-state index contributed by atoms with van der Waals surface area (Å²) in [5.41, 5.74) is 0. The van der Waals surface area contributed by atoms with Crippen LogP contribution in [0.25, 0.3) is 0 Å². The second kappa shape index (κ2) is 8.49. The maximum Gasteiger partial charge on any atom is 0.332 e. The smallest absolute Gasteiger partial charge is 0.332 e. The highest BCUT2D eigenvalue weighted by atomic mass is 16.6. The predicted molar refractivity (Wildman–Crippen MR) is 43.8 cm³/mol. The molecule has 0 saturated heterocycles. The van der Waals surface area contributed by atoms with E-state index < -0.39 is 0 Å². The van der Waals surface area contributed by atoms with Gasteiger partial charge < -0.3 is 14.6 Å². The molecule has 0 aromatic carbocycles. The lowest BCUT2D eigenvalue weighted by molar-refractivity contribution is -0.149. The van der Waals surface area contributed by atoms with Crippen molar-refractivity contribution in [2.75, 3.05) is 26.4 Å². The minimum absolute atomic E-state index is 0.0652. The van der Waals surface area contributed by atoms with Crippen LogP contribution < -0.4 is 0 Å². The van der Waals surface area contributed by atoms with E-state index in [1.54, 1.807) is 0 Å². The second-order valence-electron chi connectivity index (χ2n) is 2.35. The first-order chi connectivity index (χ1) is 5.81. The van der Waals surface area contributed by atoms with E-state index in [0.717, 1.165) is 12.8 Å². The van der Waals surface area contributed by atoms with Gasteiger partial charge in [-0.25, -0.2) is 4.79 Å². The van der Waals surface area contributed by atoms with Crippen molar-refractivity contribution in [3.8, 4) is 0 Å². The van der Waals surface area contributed by atoms with E-state index in [9.17, 15) is 4.79 Å². The van der Waals surface area contributed by atoms with E-state index in [2.05, 4.69) is 0 Å². The third kappa shape index (κ3) is 7.50. The van der Waals surface area contributed by atoms with Gasteiger partial charge in [-0.3, -0.25) is 0 Å². The number of aliphatic hydroxyl groups excluding tert-OH is 1. The number of ether oxygens (including phenoxy) is 2. The molecule has 0 rings (SSSR count). The van der Waals surface area contributed by atoms with Gasteiger partial charge in [0, 0.05) is 0 Å². The van der Waals surface area contributed by atoms with E-state index in [1.165, 1.54) is 0 Å². The zero-order valence-electron chi connectivity index (χ0n) is 7.41. The topological polar surface area (TPSA) is 55.8 Å². The van der Waals surface area contributed by atoms with Crippen molar-refractivity contribution < 1.29 is 19.4 Å². The first kappa shape index (κ1) is 11.4. The van der Waals surface area contributed by atoms with Crippen LogP contribution in [-0.4, -0.2) is 37.5 Å². The van der Waals surface area contributed by atoms with Crippen molar-refractivity contribution in [1.29, 1.82) is 0 Å². The molecule has 0 aliphatic carbocycles. The summed E-state index contributed by atoms with van der Waals surface area (Å²) in [4.78, 5) is 10.8. The number of carbonyl (C=O) groups is 1. The minimum atomic E-state index is -0.364. The molecule has 1 N–H and O–H groups in total. The maximum atomic E-state index is 10.8. The van der Waals surface area contributed by atoms with Crippen LogP contribution in [0.15, 0.2) is 0 Å². The van der Waals surface area contributed by atoms with E-state index in [4.69, 9.17) is 14.6 Å². The minimum Gasteiger partial charge on any atom is -0.464 e. The number of hydrogen-bond donors (Lipinski definition) is 1. The van der Waals surface area contributed by atoms with Gasteiger partial charge in [0.2, 0.25) is 0 Å². The lowest BCUT2D eigenvalue weighted by Crippen LogP contribution is -2.14. The number of hydrogen-bond acceptors (Lipinski definition) is 4. The van der Waals surface area contributed by atoms with E-state index >= 15 is 0 Å². The molecule has 0 fully saturated rings. The van der Waals surface area contributed by atoms with Gasteiger partial charge in [0.1, 0.15) is 6.61 Å². The molecule has 0 radical (unpaired) electrons. The zero-order chi connectivity index (χ0) is 9.23. The predicted octanol–water partition coefficient (Wildman–Crippen LogP) is 0.339. The first-order valence-electron chi connectivity index (χ1n) is 4.15. The quantitative estimate of drug-likeness (QED) is 0.449. The fourth-order valence-electron chi connectivity index (χ4n) is 0.592. The maximum absolute atomic E-state index is 10.8. The van der Waals surface area contributed by atoms with Crippen LogP contribution in [0.3, 0.4) is 0 Å². The third-order valence-electron chi connectivity index (χ3n) is 1.22. The molecule has 12 heavy (non-hydrogen) atoms. The highest BCUT2D eigenvalue weighted by Crippen LogP contribution is 1.89. The monoisotopic (exact) mass is 176 g/mol. The zero-order valence-corrected chi connectivity index (χ0v) is 7.41. The molecule has 0 spiro atoms. The molecule has 0 aliphatic heterocycles. The number of aliphatic hydroxyl groups is 1. The lowest BCUT2D eigenvalue weighted by atomic mass is 10.4. The van der Waals surface area contributed by atoms with Gasteiger partial charge in [0.05, 0.1) is 19.8 Å². The molecule has 0 atom stereocenters. The van der Waals surface area contributed by atoms with Crippen molar-refractivity contribution in [2.24, 2.45) is 0 Å². The number of unbranched alkanes of at least 4 members (excludes halogenated alkanes) is 1. The third-order valence-corrected chi connectivity index (χ3v) is 1.22. The van der Waals surface area contributed by atoms with Crippen molar-refractivity contribution in [2.45, 2.75) is 19.8 Å². The Balaban J connectivity index is 3.10. The fourth-order valence-corrected chi connectivity index (χ4v) is 0.592. The van der Waals surface area contributed by atoms with Gasteiger partial charge in [-0.2, -0.15) is 0 Å². The van der Waals surface area contributed by atoms with Crippen LogP contribution in [0.4, 0.5) is 0 Å². The molecule has 0 bridgehead atoms. The molecule has 0 unspecified atom stereocenters. The van der Waals surface area contributed by atoms with Crippen LogP contribution in [0.1, 0.15) is 19.8 Å². The van der Waals surface area contributed by atoms with Crippen LogP contribution in [0, 0.1) is 0 Å². The Bertz CT molecular complexity index is 102. The Labute approximate surface area is 72.5 Å². The summed E-state index contributed by atoms with van der Waals surface area (Å²) in [5.74, 6) is -0.364. The lowest BCUT2D eigenvalue weighted by Gasteiger charge is -2.03.